The Labute approximate surface area is 93.7 Å². The third-order valence-corrected chi connectivity index (χ3v) is 2.22. The summed E-state index contributed by atoms with van der Waals surface area (Å²) < 4.78 is 0. The number of hydrogen-bond donors (Lipinski definition) is 2. The molecule has 6 nitrogen and oxygen atoms in total. The molecule has 0 aliphatic carbocycles. The molecule has 90 valence electrons. The molecule has 3 N–H and O–H groups in total. The predicted octanol–water partition coefficient (Wildman–Crippen LogP) is -0.259. The minimum Gasteiger partial charge on any atom is -0.478 e. The Morgan fingerprint density at radius 2 is 1.69 bits per heavy atom. The average Bonchev–Trinajstić information content (AvgIpc) is 2.22. The number of rotatable bonds is 5. The lowest BCUT2D eigenvalue weighted by Crippen LogP contribution is -2.39. The highest BCUT2D eigenvalue weighted by Gasteiger charge is 2.19. The van der Waals surface area contributed by atoms with Crippen molar-refractivity contribution in [3.05, 3.63) is 11.1 Å². The Hall–Kier alpha value is -1.85. The van der Waals surface area contributed by atoms with Gasteiger partial charge in [-0.1, -0.05) is 0 Å². The second kappa shape index (κ2) is 5.89. The first-order valence-corrected chi connectivity index (χ1v) is 4.79. The van der Waals surface area contributed by atoms with Crippen LogP contribution in [0.2, 0.25) is 0 Å². The Bertz CT molecular complexity index is 347. The van der Waals surface area contributed by atoms with Crippen LogP contribution in [-0.2, 0) is 14.4 Å². The molecule has 0 radical (unpaired) electrons. The molecule has 0 unspecified atom stereocenters. The van der Waals surface area contributed by atoms with Gasteiger partial charge in [0.25, 0.3) is 0 Å². The summed E-state index contributed by atoms with van der Waals surface area (Å²) in [5, 5.41) is 8.72. The maximum atomic E-state index is 11.8. The third kappa shape index (κ3) is 3.72. The highest BCUT2D eigenvalue weighted by molar-refractivity contribution is 6.02. The van der Waals surface area contributed by atoms with E-state index in [1.54, 1.807) is 6.92 Å². The highest BCUT2D eigenvalue weighted by atomic mass is 16.4. The summed E-state index contributed by atoms with van der Waals surface area (Å²) in [7, 11) is 0. The number of hydrogen-bond acceptors (Lipinski definition) is 3. The molecule has 16 heavy (non-hydrogen) atoms. The monoisotopic (exact) mass is 228 g/mol. The van der Waals surface area contributed by atoms with Gasteiger partial charge in [0, 0.05) is 17.7 Å². The number of amides is 2. The summed E-state index contributed by atoms with van der Waals surface area (Å²) in [5.41, 5.74) is 5.05. The number of carboxylic acids is 1. The van der Waals surface area contributed by atoms with Gasteiger partial charge in [-0.05, 0) is 20.8 Å². The Morgan fingerprint density at radius 3 is 2.00 bits per heavy atom. The number of carbonyl (C=O) groups excluding carboxylic acids is 2. The zero-order chi connectivity index (χ0) is 12.9. The van der Waals surface area contributed by atoms with E-state index < -0.39 is 17.8 Å². The van der Waals surface area contributed by atoms with E-state index in [9.17, 15) is 14.4 Å². The lowest BCUT2D eigenvalue weighted by atomic mass is 10.1. The number of nitrogens with two attached hydrogens (primary N) is 1. The summed E-state index contributed by atoms with van der Waals surface area (Å²) >= 11 is 0. The van der Waals surface area contributed by atoms with Crippen LogP contribution in [0, 0.1) is 0 Å². The largest absolute Gasteiger partial charge is 0.478 e. The van der Waals surface area contributed by atoms with Crippen LogP contribution >= 0.6 is 0 Å². The van der Waals surface area contributed by atoms with Crippen LogP contribution in [0.25, 0.3) is 0 Å². The van der Waals surface area contributed by atoms with Crippen molar-refractivity contribution in [1.29, 1.82) is 0 Å². The Morgan fingerprint density at radius 1 is 1.19 bits per heavy atom. The van der Waals surface area contributed by atoms with Gasteiger partial charge in [0.1, 0.15) is 0 Å². The minimum absolute atomic E-state index is 0.0343. The van der Waals surface area contributed by atoms with Crippen molar-refractivity contribution in [2.75, 3.05) is 13.1 Å². The van der Waals surface area contributed by atoms with Crippen molar-refractivity contribution in [2.45, 2.75) is 20.8 Å². The topological polar surface area (TPSA) is 101 Å². The maximum Gasteiger partial charge on any atom is 0.331 e. The first kappa shape index (κ1) is 14.2. The van der Waals surface area contributed by atoms with Gasteiger partial charge in [-0.25, -0.2) is 4.79 Å². The molecule has 0 aliphatic heterocycles. The van der Waals surface area contributed by atoms with E-state index in [-0.39, 0.29) is 17.7 Å². The van der Waals surface area contributed by atoms with Crippen LogP contribution in [-0.4, -0.2) is 40.9 Å². The maximum absolute atomic E-state index is 11.8. The van der Waals surface area contributed by atoms with Crippen LogP contribution < -0.4 is 5.73 Å². The van der Waals surface area contributed by atoms with Gasteiger partial charge in [0.2, 0.25) is 11.8 Å². The fraction of sp³-hybridized carbons (Fsp3) is 0.500. The first-order chi connectivity index (χ1) is 7.31. The number of carbonyl (C=O) groups is 3. The minimum atomic E-state index is -1.15. The molecular formula is C10H16N2O4. The standard InChI is InChI=1S/C10H16N2O4/c1-4-12(5-8(11)13)9(14)6(2)7(3)10(15)16/h4-5H2,1-3H3,(H2,11,13)(H,15,16). The molecule has 0 aromatic rings. The highest BCUT2D eigenvalue weighted by Crippen LogP contribution is 2.07. The Kier molecular flexibility index (Phi) is 5.21. The summed E-state index contributed by atoms with van der Waals surface area (Å²) in [4.78, 5) is 34.3. The number of likely N-dealkylation sites (N-methyl/N-ethyl adjacent to an activating group) is 1. The molecule has 6 heteroatoms. The SMILES string of the molecule is CCN(CC(N)=O)C(=O)C(C)=C(C)C(=O)O. The van der Waals surface area contributed by atoms with Gasteiger partial charge in [-0.15, -0.1) is 0 Å². The van der Waals surface area contributed by atoms with Gasteiger partial charge in [0.15, 0.2) is 0 Å². The molecule has 0 atom stereocenters. The molecule has 0 bridgehead atoms. The second-order valence-electron chi connectivity index (χ2n) is 3.34. The summed E-state index contributed by atoms with van der Waals surface area (Å²) in [6, 6.07) is 0. The van der Waals surface area contributed by atoms with Gasteiger partial charge < -0.3 is 15.7 Å². The van der Waals surface area contributed by atoms with E-state index in [1.807, 2.05) is 0 Å². The quantitative estimate of drug-likeness (QED) is 0.633. The van der Waals surface area contributed by atoms with Crippen LogP contribution in [0.4, 0.5) is 0 Å². The molecule has 0 aromatic heterocycles. The van der Waals surface area contributed by atoms with E-state index in [2.05, 4.69) is 0 Å². The lowest BCUT2D eigenvalue weighted by molar-refractivity contribution is -0.134. The number of nitrogens with zero attached hydrogens (tertiary/aromatic N) is 1. The van der Waals surface area contributed by atoms with E-state index in [0.29, 0.717) is 6.54 Å². The zero-order valence-corrected chi connectivity index (χ0v) is 9.61. The predicted molar refractivity (Wildman–Crippen MR) is 57.5 cm³/mol. The van der Waals surface area contributed by atoms with E-state index >= 15 is 0 Å². The first-order valence-electron chi connectivity index (χ1n) is 4.79. The molecule has 2 amide bonds. The van der Waals surface area contributed by atoms with Gasteiger partial charge in [-0.2, -0.15) is 0 Å². The normalized spacial score (nSPS) is 11.7. The lowest BCUT2D eigenvalue weighted by Gasteiger charge is -2.19. The molecule has 0 rings (SSSR count). The second-order valence-corrected chi connectivity index (χ2v) is 3.34. The molecule has 0 saturated carbocycles. The molecule has 0 saturated heterocycles. The van der Waals surface area contributed by atoms with Crippen molar-refractivity contribution in [3.63, 3.8) is 0 Å². The average molecular weight is 228 g/mol. The van der Waals surface area contributed by atoms with Crippen molar-refractivity contribution in [2.24, 2.45) is 5.73 Å². The third-order valence-electron chi connectivity index (χ3n) is 2.22. The van der Waals surface area contributed by atoms with Gasteiger partial charge in [-0.3, -0.25) is 9.59 Å². The van der Waals surface area contributed by atoms with E-state index in [4.69, 9.17) is 10.8 Å². The molecule has 0 spiro atoms. The smallest absolute Gasteiger partial charge is 0.331 e. The summed E-state index contributed by atoms with van der Waals surface area (Å²) in [6.45, 7) is 4.53. The fourth-order valence-corrected chi connectivity index (χ4v) is 1.07. The van der Waals surface area contributed by atoms with Crippen LogP contribution in [0.5, 0.6) is 0 Å². The van der Waals surface area contributed by atoms with Crippen molar-refractivity contribution < 1.29 is 19.5 Å². The van der Waals surface area contributed by atoms with Crippen molar-refractivity contribution >= 4 is 17.8 Å². The van der Waals surface area contributed by atoms with E-state index in [1.165, 1.54) is 18.7 Å². The molecule has 0 aliphatic rings. The molecular weight excluding hydrogens is 212 g/mol. The van der Waals surface area contributed by atoms with Gasteiger partial charge >= 0.3 is 5.97 Å². The van der Waals surface area contributed by atoms with Crippen LogP contribution in [0.1, 0.15) is 20.8 Å². The zero-order valence-electron chi connectivity index (χ0n) is 9.61. The fourth-order valence-electron chi connectivity index (χ4n) is 1.07. The molecule has 0 aromatic carbocycles. The van der Waals surface area contributed by atoms with Crippen LogP contribution in [0.15, 0.2) is 11.1 Å². The number of aliphatic carboxylic acids is 1. The van der Waals surface area contributed by atoms with Crippen LogP contribution in [0.3, 0.4) is 0 Å². The van der Waals surface area contributed by atoms with Crippen molar-refractivity contribution in [1.82, 2.24) is 4.90 Å². The number of carboxylic acid groups (broad SMARTS) is 1. The summed E-state index contributed by atoms with van der Waals surface area (Å²) in [6.07, 6.45) is 0. The van der Waals surface area contributed by atoms with E-state index in [0.717, 1.165) is 0 Å². The molecule has 0 heterocycles. The van der Waals surface area contributed by atoms with Gasteiger partial charge in [0.05, 0.1) is 6.54 Å². The Balaban J connectivity index is 4.96. The van der Waals surface area contributed by atoms with Crippen molar-refractivity contribution in [3.8, 4) is 0 Å². The summed E-state index contributed by atoms with van der Waals surface area (Å²) in [5.74, 6) is -2.27. The molecule has 0 fully saturated rings. The number of primary amides is 1.